The van der Waals surface area contributed by atoms with Crippen LogP contribution in [-0.2, 0) is 21.5 Å². The molecule has 2 aliphatic rings. The Kier molecular flexibility index (Phi) is 6.35. The molecule has 0 aliphatic carbocycles. The summed E-state index contributed by atoms with van der Waals surface area (Å²) in [5, 5.41) is 8.17. The van der Waals surface area contributed by atoms with Crippen molar-refractivity contribution in [3.8, 4) is 0 Å². The Labute approximate surface area is 236 Å². The number of amides is 2. The zero-order valence-corrected chi connectivity index (χ0v) is 23.5. The average Bonchev–Trinajstić information content (AvgIpc) is 3.17. The summed E-state index contributed by atoms with van der Waals surface area (Å²) in [6.45, 7) is 6.25. The molecule has 0 bridgehead atoms. The summed E-state index contributed by atoms with van der Waals surface area (Å²) in [5.41, 5.74) is 6.08. The molecule has 0 saturated carbocycles. The van der Waals surface area contributed by atoms with E-state index in [0.717, 1.165) is 39.0 Å². The fourth-order valence-electron chi connectivity index (χ4n) is 5.31. The molecule has 3 heterocycles. The van der Waals surface area contributed by atoms with Gasteiger partial charge in [-0.1, -0.05) is 59.3 Å². The van der Waals surface area contributed by atoms with Crippen LogP contribution in [0.25, 0.3) is 10.9 Å². The largest absolute Gasteiger partial charge is 0.353 e. The number of carbonyl (C=O) groups excluding carboxylic acids is 2. The monoisotopic (exact) mass is 553 g/mol. The highest BCUT2D eigenvalue weighted by molar-refractivity contribution is 8.00. The highest BCUT2D eigenvalue weighted by Crippen LogP contribution is 2.38. The molecule has 4 aromatic rings. The van der Waals surface area contributed by atoms with E-state index in [4.69, 9.17) is 22.2 Å². The first-order valence-corrected chi connectivity index (χ1v) is 14.0. The molecule has 0 spiro atoms. The van der Waals surface area contributed by atoms with Gasteiger partial charge in [0.15, 0.2) is 10.3 Å². The smallest absolute Gasteiger partial charge is 0.247 e. The molecule has 1 aromatic heterocycles. The lowest BCUT2D eigenvalue weighted by atomic mass is 9.83. The number of para-hydroxylation sites is 1. The topological polar surface area (TPSA) is 87.2 Å². The van der Waals surface area contributed by atoms with Crippen LogP contribution in [0.4, 0.5) is 11.4 Å². The highest BCUT2D eigenvalue weighted by atomic mass is 32.2. The van der Waals surface area contributed by atoms with Crippen LogP contribution in [0.2, 0.25) is 0 Å². The summed E-state index contributed by atoms with van der Waals surface area (Å²) in [7, 11) is 0. The van der Waals surface area contributed by atoms with Crippen molar-refractivity contribution in [2.24, 2.45) is 0 Å². The Balaban J connectivity index is 1.38. The summed E-state index contributed by atoms with van der Waals surface area (Å²) >= 11 is 6.81. The fraction of sp³-hybridized carbons (Fsp3) is 0.233. The third kappa shape index (κ3) is 4.77. The average molecular weight is 554 g/mol. The molecule has 2 aliphatic heterocycles. The van der Waals surface area contributed by atoms with Gasteiger partial charge in [-0.3, -0.25) is 9.59 Å². The van der Waals surface area contributed by atoms with Crippen LogP contribution in [-0.4, -0.2) is 32.1 Å². The fourth-order valence-corrected chi connectivity index (χ4v) is 6.65. The number of aryl methyl sites for hydroxylation is 2. The van der Waals surface area contributed by atoms with E-state index in [9.17, 15) is 9.59 Å². The van der Waals surface area contributed by atoms with Crippen molar-refractivity contribution < 1.29 is 9.59 Å². The maximum atomic E-state index is 13.3. The molecule has 2 atom stereocenters. The zero-order valence-electron chi connectivity index (χ0n) is 21.8. The summed E-state index contributed by atoms with van der Waals surface area (Å²) in [4.78, 5) is 37.1. The van der Waals surface area contributed by atoms with Gasteiger partial charge < -0.3 is 10.6 Å². The van der Waals surface area contributed by atoms with E-state index in [-0.39, 0.29) is 18.2 Å². The van der Waals surface area contributed by atoms with Crippen molar-refractivity contribution in [2.75, 3.05) is 10.2 Å². The van der Waals surface area contributed by atoms with Gasteiger partial charge in [-0.15, -0.1) is 0 Å². The van der Waals surface area contributed by atoms with Gasteiger partial charge in [-0.2, -0.15) is 0 Å². The van der Waals surface area contributed by atoms with E-state index < -0.39 is 10.8 Å². The number of hydrogen-bond donors (Lipinski definition) is 2. The van der Waals surface area contributed by atoms with Crippen molar-refractivity contribution in [3.05, 3.63) is 89.1 Å². The van der Waals surface area contributed by atoms with E-state index in [2.05, 4.69) is 48.7 Å². The molecule has 196 valence electrons. The lowest BCUT2D eigenvalue weighted by Crippen LogP contribution is -2.51. The van der Waals surface area contributed by atoms with Crippen LogP contribution >= 0.6 is 24.0 Å². The van der Waals surface area contributed by atoms with E-state index in [1.54, 1.807) is 12.1 Å². The molecule has 2 N–H and O–H groups in total. The predicted octanol–water partition coefficient (Wildman–Crippen LogP) is 5.43. The minimum atomic E-state index is -0.586. The molecular formula is C30H27N5O2S2. The van der Waals surface area contributed by atoms with Gasteiger partial charge in [0.25, 0.3) is 0 Å². The van der Waals surface area contributed by atoms with Crippen LogP contribution in [0.5, 0.6) is 0 Å². The minimum Gasteiger partial charge on any atom is -0.353 e. The molecule has 3 aromatic carbocycles. The molecule has 1 fully saturated rings. The van der Waals surface area contributed by atoms with E-state index in [0.29, 0.717) is 22.4 Å². The lowest BCUT2D eigenvalue weighted by molar-refractivity contribution is -0.121. The van der Waals surface area contributed by atoms with Crippen LogP contribution < -0.4 is 15.5 Å². The molecule has 2 amide bonds. The van der Waals surface area contributed by atoms with Gasteiger partial charge in [-0.05, 0) is 63.3 Å². The Morgan fingerprint density at radius 1 is 1.03 bits per heavy atom. The van der Waals surface area contributed by atoms with Gasteiger partial charge in [0.05, 0.1) is 22.4 Å². The van der Waals surface area contributed by atoms with Crippen molar-refractivity contribution >= 4 is 63.2 Å². The number of hydrogen-bond acceptors (Lipinski definition) is 6. The molecule has 1 saturated heterocycles. The number of nitrogens with zero attached hydrogens (tertiary/aromatic N) is 3. The molecule has 9 heteroatoms. The summed E-state index contributed by atoms with van der Waals surface area (Å²) < 4.78 is 0. The first-order chi connectivity index (χ1) is 18.7. The second-order valence-electron chi connectivity index (χ2n) is 10.3. The number of fused-ring (bicyclic) bond motifs is 2. The van der Waals surface area contributed by atoms with Gasteiger partial charge in [0.2, 0.25) is 11.8 Å². The van der Waals surface area contributed by atoms with Gasteiger partial charge in [-0.25, -0.2) is 14.9 Å². The van der Waals surface area contributed by atoms with E-state index >= 15 is 0 Å². The van der Waals surface area contributed by atoms with Gasteiger partial charge in [0, 0.05) is 29.5 Å². The Bertz CT molecular complexity index is 1660. The number of thiocarbonyl (C=S) groups is 1. The van der Waals surface area contributed by atoms with Crippen LogP contribution in [0.15, 0.2) is 71.9 Å². The van der Waals surface area contributed by atoms with Gasteiger partial charge >= 0.3 is 0 Å². The number of rotatable bonds is 5. The predicted molar refractivity (Wildman–Crippen MR) is 159 cm³/mol. The number of thioether (sulfide) groups is 1. The number of imide groups is 1. The number of anilines is 2. The Morgan fingerprint density at radius 3 is 2.56 bits per heavy atom. The standard InChI is InChI=1S/C30H27N5O2S2/c1-17-9-11-22-20(13-17)24(16-30(3)21-14-18(2)10-12-23(21)31-28(38)34-30)33-29(32-22)39-25-15-26(36)35(27(25)37)19-7-5-4-6-8-19/h4-14,25H,15-16H2,1-3H3,(H2,31,34,38). The molecule has 0 radical (unpaired) electrons. The first-order valence-electron chi connectivity index (χ1n) is 12.8. The molecule has 7 nitrogen and oxygen atoms in total. The van der Waals surface area contributed by atoms with Crippen molar-refractivity contribution in [3.63, 3.8) is 0 Å². The van der Waals surface area contributed by atoms with Crippen LogP contribution in [0.3, 0.4) is 0 Å². The minimum absolute atomic E-state index is 0.106. The quantitative estimate of drug-likeness (QED) is 0.192. The molecule has 6 rings (SSSR count). The maximum absolute atomic E-state index is 13.3. The molecule has 2 unspecified atom stereocenters. The second kappa shape index (κ2) is 9.73. The van der Waals surface area contributed by atoms with Crippen molar-refractivity contribution in [2.45, 2.75) is 49.6 Å². The van der Waals surface area contributed by atoms with Crippen LogP contribution in [0.1, 0.15) is 35.7 Å². The first kappa shape index (κ1) is 25.5. The number of aromatic nitrogens is 2. The van der Waals surface area contributed by atoms with Crippen LogP contribution in [0, 0.1) is 13.8 Å². The van der Waals surface area contributed by atoms with Crippen molar-refractivity contribution in [1.29, 1.82) is 0 Å². The van der Waals surface area contributed by atoms with Gasteiger partial charge in [0.1, 0.15) is 5.25 Å². The number of nitrogens with one attached hydrogen (secondary N) is 2. The zero-order chi connectivity index (χ0) is 27.3. The summed E-state index contributed by atoms with van der Waals surface area (Å²) in [5.74, 6) is -0.459. The highest BCUT2D eigenvalue weighted by Gasteiger charge is 2.41. The number of carbonyl (C=O) groups is 2. The normalized spacial score (nSPS) is 20.6. The Morgan fingerprint density at radius 2 is 1.77 bits per heavy atom. The SMILES string of the molecule is Cc1ccc2c(c1)C(C)(Cc1nc(SC3CC(=O)N(c4ccccc4)C3=O)nc3ccc(C)cc13)NC(=S)N2. The third-order valence-corrected chi connectivity index (χ3v) is 8.46. The van der Waals surface area contributed by atoms with Crippen molar-refractivity contribution in [1.82, 2.24) is 15.3 Å². The number of benzene rings is 3. The van der Waals surface area contributed by atoms with E-state index in [1.165, 1.54) is 16.7 Å². The maximum Gasteiger partial charge on any atom is 0.247 e. The molecular weight excluding hydrogens is 526 g/mol. The lowest BCUT2D eigenvalue weighted by Gasteiger charge is -2.39. The second-order valence-corrected chi connectivity index (χ2v) is 11.9. The Hall–Kier alpha value is -3.82. The summed E-state index contributed by atoms with van der Waals surface area (Å²) in [6, 6.07) is 21.4. The summed E-state index contributed by atoms with van der Waals surface area (Å²) in [6.07, 6.45) is 0.657. The van der Waals surface area contributed by atoms with E-state index in [1.807, 2.05) is 37.3 Å². The third-order valence-electron chi connectivity index (χ3n) is 7.21. The molecule has 39 heavy (non-hydrogen) atoms.